The zero-order chi connectivity index (χ0) is 58.2. The summed E-state index contributed by atoms with van der Waals surface area (Å²) >= 11 is 22.1. The quantitative estimate of drug-likeness (QED) is 0.0775. The minimum absolute atomic E-state index is 0.108. The highest BCUT2D eigenvalue weighted by molar-refractivity contribution is 7.13. The summed E-state index contributed by atoms with van der Waals surface area (Å²) in [4.78, 5) is 64.4. The number of carbonyl (C=O) groups excluding carboxylic acids is 2. The van der Waals surface area contributed by atoms with Crippen LogP contribution < -0.4 is 21.1 Å². The fraction of sp³-hybridized carbons (Fsp3) is 0.473. The van der Waals surface area contributed by atoms with Gasteiger partial charge in [-0.15, -0.1) is 34.0 Å². The van der Waals surface area contributed by atoms with Gasteiger partial charge >= 0.3 is 12.2 Å². The number of thiazole rings is 3. The Hall–Kier alpha value is -5.92. The highest BCUT2D eigenvalue weighted by atomic mass is 35.5. The molecule has 81 heavy (non-hydrogen) atoms. The molecule has 6 aromatic heterocycles. The number of aromatic nitrogens is 9. The van der Waals surface area contributed by atoms with E-state index < -0.39 is 0 Å². The largest absolute Gasteiger partial charge is 0.470 e. The molecule has 5 aliphatic rings. The van der Waals surface area contributed by atoms with Gasteiger partial charge in [0.2, 0.25) is 5.88 Å². The fourth-order valence-electron chi connectivity index (χ4n) is 8.39. The summed E-state index contributed by atoms with van der Waals surface area (Å²) in [6, 6.07) is 6.29. The zero-order valence-electron chi connectivity index (χ0n) is 46.6. The van der Waals surface area contributed by atoms with Crippen molar-refractivity contribution in [1.82, 2.24) is 54.7 Å². The lowest BCUT2D eigenvalue weighted by Gasteiger charge is -2.37. The third-order valence-corrected chi connectivity index (χ3v) is 16.5. The van der Waals surface area contributed by atoms with E-state index in [0.717, 1.165) is 88.7 Å². The maximum Gasteiger partial charge on any atom is 0.409 e. The van der Waals surface area contributed by atoms with Crippen LogP contribution in [0.5, 0.6) is 5.88 Å². The predicted octanol–water partition coefficient (Wildman–Crippen LogP) is 12.2. The van der Waals surface area contributed by atoms with Gasteiger partial charge in [-0.3, -0.25) is 0 Å². The van der Waals surface area contributed by atoms with E-state index >= 15 is 0 Å². The van der Waals surface area contributed by atoms with Crippen LogP contribution in [0.15, 0.2) is 69.3 Å². The molecule has 0 saturated carbocycles. The van der Waals surface area contributed by atoms with Crippen molar-refractivity contribution in [3.8, 4) is 38.4 Å². The Morgan fingerprint density at radius 2 is 0.975 bits per heavy atom. The number of likely N-dealkylation sites (tertiary alicyclic amines) is 2. The minimum Gasteiger partial charge on any atom is -0.470 e. The first kappa shape index (κ1) is 62.7. The molecule has 11 rings (SSSR count). The van der Waals surface area contributed by atoms with E-state index in [2.05, 4.69) is 99.2 Å². The third kappa shape index (κ3) is 19.9. The highest BCUT2D eigenvalue weighted by Gasteiger charge is 2.34. The van der Waals surface area contributed by atoms with Crippen LogP contribution in [0.2, 0.25) is 15.5 Å². The number of aryl methyl sites for hydroxylation is 3. The van der Waals surface area contributed by atoms with Crippen LogP contribution in [0.1, 0.15) is 95.6 Å². The molecule has 5 N–H and O–H groups in total. The normalized spacial score (nSPS) is 18.6. The summed E-state index contributed by atoms with van der Waals surface area (Å²) in [6.45, 7) is 14.1. The van der Waals surface area contributed by atoms with Crippen molar-refractivity contribution in [2.24, 2.45) is 5.73 Å². The van der Waals surface area contributed by atoms with Gasteiger partial charge in [-0.1, -0.05) is 69.8 Å². The van der Waals surface area contributed by atoms with E-state index in [1.807, 2.05) is 43.0 Å². The molecule has 2 fully saturated rings. The van der Waals surface area contributed by atoms with Gasteiger partial charge in [-0.05, 0) is 99.3 Å². The maximum atomic E-state index is 11.5. The van der Waals surface area contributed by atoms with Gasteiger partial charge in [0.1, 0.15) is 33.2 Å². The number of ether oxygens (including phenoxy) is 3. The molecule has 0 radical (unpaired) electrons. The van der Waals surface area contributed by atoms with Gasteiger partial charge in [0.05, 0.1) is 46.5 Å². The number of aliphatic hydroxyl groups is 1. The van der Waals surface area contributed by atoms with Gasteiger partial charge in [0.15, 0.2) is 32.5 Å². The molecule has 2 saturated heterocycles. The average molecular weight is 1220 g/mol. The van der Waals surface area contributed by atoms with E-state index in [4.69, 9.17) is 55.1 Å². The summed E-state index contributed by atoms with van der Waals surface area (Å²) in [7, 11) is 2.70. The molecule has 26 heteroatoms. The van der Waals surface area contributed by atoms with Gasteiger partial charge in [0.25, 0.3) is 0 Å². The molecule has 0 aromatic carbocycles. The molecule has 0 bridgehead atoms. The Bertz CT molecular complexity index is 3140. The molecule has 0 spiro atoms. The Morgan fingerprint density at radius 1 is 0.568 bits per heavy atom. The summed E-state index contributed by atoms with van der Waals surface area (Å²) in [6.07, 6.45) is 15.6. The van der Waals surface area contributed by atoms with Gasteiger partial charge < -0.3 is 45.5 Å². The number of aliphatic hydroxyl groups excluding tert-OH is 1. The number of nitrogens with two attached hydrogens (primary N) is 1. The molecular formula is C55H69Cl3N14O6S3. The number of anilines is 2. The number of rotatable bonds is 9. The van der Waals surface area contributed by atoms with Crippen LogP contribution in [0.25, 0.3) is 32.5 Å². The van der Waals surface area contributed by atoms with Gasteiger partial charge in [-0.25, -0.2) is 49.5 Å². The van der Waals surface area contributed by atoms with Crippen molar-refractivity contribution in [3.05, 3.63) is 102 Å². The third-order valence-electron chi connectivity index (χ3n) is 13.0. The molecule has 3 unspecified atom stereocenters. The lowest BCUT2D eigenvalue weighted by Crippen LogP contribution is -2.56. The number of allylic oxidation sites excluding steroid dienone is 3. The van der Waals surface area contributed by atoms with Crippen molar-refractivity contribution in [3.63, 3.8) is 0 Å². The monoisotopic (exact) mass is 1220 g/mol. The first-order valence-corrected chi connectivity index (χ1v) is 30.2. The number of hydrogen-bond acceptors (Lipinski definition) is 21. The second-order valence-electron chi connectivity index (χ2n) is 20.1. The molecular weight excluding hydrogens is 1160 g/mol. The Kier molecular flexibility index (Phi) is 23.5. The van der Waals surface area contributed by atoms with Crippen molar-refractivity contribution in [2.45, 2.75) is 130 Å². The van der Waals surface area contributed by atoms with E-state index in [1.165, 1.54) is 88.8 Å². The number of nitrogens with one attached hydrogen (secondary N) is 2. The van der Waals surface area contributed by atoms with Gasteiger partial charge in [-0.2, -0.15) is 4.98 Å². The smallest absolute Gasteiger partial charge is 0.409 e. The molecule has 6 aromatic rings. The summed E-state index contributed by atoms with van der Waals surface area (Å²) < 4.78 is 15.1. The lowest BCUT2D eigenvalue weighted by molar-refractivity contribution is 0.00404. The minimum atomic E-state index is -0.361. The standard InChI is InChI=1S/C20H25N5O3S.C15H17ClN4S.C8H5Cl2N3S.C7H13N.C5H9NO3/c1-12-4-6-14(7-5-12)22-16-8-17(28-15-9-25(10-15)20(26)27-3)24-18(23-16)19-21-13(2)11-29-19;1-9-3-5-11(6-4-9)18-13-7-12(16)19-14(20-13)15-17-10(2)8-21-15;1-4-3-14-8(11-4)7-12-5(9)2-6(10)13-7;1-6-2-4-7(8)5-3-6;1-9-5(8)6-2-4(7)3-6/h4,8,11,14-15H,5-7,9-10H2,1-3H3,(H,22,23,24);3,7-8,11H,4-6H2,1-2H3,(H,18,19,20);2-3H,1H3;2,7H,3-5,8H2,1H3;4,7H,2-3H2,1H3. The molecule has 434 valence electrons. The topological polar surface area (TPSA) is 255 Å². The van der Waals surface area contributed by atoms with Crippen molar-refractivity contribution in [1.29, 1.82) is 0 Å². The van der Waals surface area contributed by atoms with Crippen LogP contribution in [0.3, 0.4) is 0 Å². The SMILES string of the molecule is CC1=CCC(N)CC1.CC1=CCC(Nc2cc(Cl)nc(-c3nc(C)cs3)n2)CC1.COC(=O)N1CC(O)C1.COC(=O)N1CC(Oc2cc(NC3CC=C(C)CC3)nc(-c3nc(C)cs3)n2)C1.Cc1csc(-c2nc(Cl)cc(Cl)n2)n1. The Balaban J connectivity index is 0.000000158. The number of β-amino-alcohol motifs (C(OH)–C–C–N with tert-alkyl or cyclic N) is 1. The number of halogens is 3. The zero-order valence-corrected chi connectivity index (χ0v) is 51.3. The lowest BCUT2D eigenvalue weighted by atomic mass is 9.96. The molecule has 3 aliphatic carbocycles. The highest BCUT2D eigenvalue weighted by Crippen LogP contribution is 2.30. The number of carbonyl (C=O) groups is 2. The van der Waals surface area contributed by atoms with E-state index in [9.17, 15) is 9.59 Å². The van der Waals surface area contributed by atoms with Crippen LogP contribution >= 0.6 is 68.8 Å². The molecule has 2 amide bonds. The molecule has 8 heterocycles. The number of methoxy groups -OCH3 is 2. The second-order valence-corrected chi connectivity index (χ2v) is 23.8. The summed E-state index contributed by atoms with van der Waals surface area (Å²) in [5.41, 5.74) is 12.9. The number of amides is 2. The van der Waals surface area contributed by atoms with Crippen molar-refractivity contribution in [2.75, 3.05) is 51.0 Å². The molecule has 3 atom stereocenters. The Labute approximate surface area is 499 Å². The van der Waals surface area contributed by atoms with Crippen LogP contribution in [0, 0.1) is 20.8 Å². The number of hydrogen-bond donors (Lipinski definition) is 4. The van der Waals surface area contributed by atoms with Crippen molar-refractivity contribution >= 4 is 92.6 Å². The second kappa shape index (κ2) is 30.4. The van der Waals surface area contributed by atoms with Crippen molar-refractivity contribution < 1.29 is 28.9 Å². The van der Waals surface area contributed by atoms with Crippen LogP contribution in [-0.4, -0.2) is 143 Å². The first-order valence-electron chi connectivity index (χ1n) is 26.4. The summed E-state index contributed by atoms with van der Waals surface area (Å²) in [5.74, 6) is 3.61. The maximum absolute atomic E-state index is 11.5. The Morgan fingerprint density at radius 3 is 1.36 bits per heavy atom. The summed E-state index contributed by atoms with van der Waals surface area (Å²) in [5, 5.41) is 25.0. The molecule has 20 nitrogen and oxygen atoms in total. The number of nitrogens with zero attached hydrogens (tertiary/aromatic N) is 11. The van der Waals surface area contributed by atoms with E-state index in [1.54, 1.807) is 11.0 Å². The fourth-order valence-corrected chi connectivity index (χ4v) is 11.2. The molecule has 2 aliphatic heterocycles. The van der Waals surface area contributed by atoms with E-state index in [0.29, 0.717) is 83.1 Å². The van der Waals surface area contributed by atoms with Crippen LogP contribution in [-0.2, 0) is 9.47 Å². The predicted molar refractivity (Wildman–Crippen MR) is 323 cm³/mol. The average Bonchev–Trinajstić information content (AvgIpc) is 4.22. The van der Waals surface area contributed by atoms with Crippen LogP contribution in [0.4, 0.5) is 21.2 Å². The van der Waals surface area contributed by atoms with E-state index in [-0.39, 0.29) is 24.4 Å². The van der Waals surface area contributed by atoms with Gasteiger partial charge in [0, 0.05) is 69.5 Å². The first-order chi connectivity index (χ1) is 38.8.